The Morgan fingerprint density at radius 2 is 2.11 bits per heavy atom. The molecule has 0 saturated carbocycles. The number of benzene rings is 1. The molecule has 0 saturated heterocycles. The number of aryl methyl sites for hydroxylation is 1. The van der Waals surface area contributed by atoms with Crippen LogP contribution in [0.3, 0.4) is 0 Å². The van der Waals surface area contributed by atoms with E-state index in [4.69, 9.17) is 4.74 Å². The van der Waals surface area contributed by atoms with E-state index >= 15 is 0 Å². The van der Waals surface area contributed by atoms with Gasteiger partial charge in [-0.1, -0.05) is 30.7 Å². The molecule has 2 heteroatoms. The summed E-state index contributed by atoms with van der Waals surface area (Å²) in [6.45, 7) is 6.44. The SMILES string of the molecule is CCNCCCC/C=C/c1cc(C)ccc1OC. The third-order valence-corrected chi connectivity index (χ3v) is 2.91. The van der Waals surface area contributed by atoms with Crippen LogP contribution in [-0.2, 0) is 0 Å². The molecule has 18 heavy (non-hydrogen) atoms. The molecule has 0 aliphatic carbocycles. The van der Waals surface area contributed by atoms with Gasteiger partial charge in [0.1, 0.15) is 5.75 Å². The average molecular weight is 247 g/mol. The second kappa shape index (κ2) is 8.76. The summed E-state index contributed by atoms with van der Waals surface area (Å²) in [5, 5.41) is 3.34. The van der Waals surface area contributed by atoms with Crippen molar-refractivity contribution in [2.45, 2.75) is 33.1 Å². The lowest BCUT2D eigenvalue weighted by Crippen LogP contribution is -2.13. The minimum absolute atomic E-state index is 0.949. The highest BCUT2D eigenvalue weighted by molar-refractivity contribution is 5.58. The Bertz CT molecular complexity index is 371. The Labute approximate surface area is 111 Å². The molecule has 0 amide bonds. The first kappa shape index (κ1) is 14.8. The van der Waals surface area contributed by atoms with E-state index in [9.17, 15) is 0 Å². The van der Waals surface area contributed by atoms with Crippen molar-refractivity contribution < 1.29 is 4.74 Å². The molecule has 0 aliphatic heterocycles. The fraction of sp³-hybridized carbons (Fsp3) is 0.500. The molecular formula is C16H25NO. The summed E-state index contributed by atoms with van der Waals surface area (Å²) >= 11 is 0. The maximum atomic E-state index is 5.35. The predicted molar refractivity (Wildman–Crippen MR) is 79.2 cm³/mol. The van der Waals surface area contributed by atoms with Crippen LogP contribution in [0, 0.1) is 6.92 Å². The summed E-state index contributed by atoms with van der Waals surface area (Å²) in [4.78, 5) is 0. The van der Waals surface area contributed by atoms with Gasteiger partial charge in [0.15, 0.2) is 0 Å². The topological polar surface area (TPSA) is 21.3 Å². The second-order valence-corrected chi connectivity index (χ2v) is 4.50. The van der Waals surface area contributed by atoms with Crippen molar-refractivity contribution in [1.82, 2.24) is 5.32 Å². The van der Waals surface area contributed by atoms with Crippen LogP contribution in [0.1, 0.15) is 37.3 Å². The summed E-state index contributed by atoms with van der Waals surface area (Å²) in [6, 6.07) is 6.26. The Morgan fingerprint density at radius 3 is 2.83 bits per heavy atom. The Kier molecular flexibility index (Phi) is 7.19. The molecule has 0 radical (unpaired) electrons. The van der Waals surface area contributed by atoms with Gasteiger partial charge in [0.05, 0.1) is 7.11 Å². The molecular weight excluding hydrogens is 222 g/mol. The molecule has 1 N–H and O–H groups in total. The maximum Gasteiger partial charge on any atom is 0.126 e. The van der Waals surface area contributed by atoms with Crippen molar-refractivity contribution in [2.24, 2.45) is 0 Å². The summed E-state index contributed by atoms with van der Waals surface area (Å²) in [5.41, 5.74) is 2.44. The van der Waals surface area contributed by atoms with Crippen LogP contribution < -0.4 is 10.1 Å². The van der Waals surface area contributed by atoms with E-state index in [-0.39, 0.29) is 0 Å². The maximum absolute atomic E-state index is 5.35. The molecule has 0 unspecified atom stereocenters. The second-order valence-electron chi connectivity index (χ2n) is 4.50. The van der Waals surface area contributed by atoms with Gasteiger partial charge < -0.3 is 10.1 Å². The van der Waals surface area contributed by atoms with Gasteiger partial charge in [-0.25, -0.2) is 0 Å². The quantitative estimate of drug-likeness (QED) is 0.706. The van der Waals surface area contributed by atoms with Crippen LogP contribution >= 0.6 is 0 Å². The van der Waals surface area contributed by atoms with Crippen LogP contribution in [0.15, 0.2) is 24.3 Å². The minimum Gasteiger partial charge on any atom is -0.496 e. The highest BCUT2D eigenvalue weighted by atomic mass is 16.5. The summed E-state index contributed by atoms with van der Waals surface area (Å²) in [7, 11) is 1.72. The van der Waals surface area contributed by atoms with Crippen LogP contribution in [0.5, 0.6) is 5.75 Å². The molecule has 0 bridgehead atoms. The Hall–Kier alpha value is -1.28. The molecule has 100 valence electrons. The third kappa shape index (κ3) is 5.37. The minimum atomic E-state index is 0.949. The number of allylic oxidation sites excluding steroid dienone is 1. The van der Waals surface area contributed by atoms with Crippen LogP contribution in [0.25, 0.3) is 6.08 Å². The Morgan fingerprint density at radius 1 is 1.28 bits per heavy atom. The van der Waals surface area contributed by atoms with Gasteiger partial charge in [-0.05, 0) is 51.4 Å². The number of ether oxygens (including phenoxy) is 1. The fourth-order valence-corrected chi connectivity index (χ4v) is 1.88. The number of methoxy groups -OCH3 is 1. The fourth-order valence-electron chi connectivity index (χ4n) is 1.88. The standard InChI is InChI=1S/C16H25NO/c1-4-17-12-8-6-5-7-9-15-13-14(2)10-11-16(15)18-3/h7,9-11,13,17H,4-6,8,12H2,1-3H3/b9-7+. The Balaban J connectivity index is 2.39. The van der Waals surface area contributed by atoms with E-state index < -0.39 is 0 Å². The number of hydrogen-bond donors (Lipinski definition) is 1. The average Bonchev–Trinajstić information content (AvgIpc) is 2.38. The van der Waals surface area contributed by atoms with Crippen molar-refractivity contribution in [3.8, 4) is 5.75 Å². The zero-order valence-corrected chi connectivity index (χ0v) is 11.8. The van der Waals surface area contributed by atoms with Gasteiger partial charge in [-0.2, -0.15) is 0 Å². The highest BCUT2D eigenvalue weighted by Crippen LogP contribution is 2.21. The first-order valence-electron chi connectivity index (χ1n) is 6.79. The molecule has 0 heterocycles. The van der Waals surface area contributed by atoms with Crippen molar-refractivity contribution >= 4 is 6.08 Å². The van der Waals surface area contributed by atoms with Gasteiger partial charge in [-0.15, -0.1) is 0 Å². The zero-order valence-electron chi connectivity index (χ0n) is 11.8. The number of rotatable bonds is 8. The number of nitrogens with one attached hydrogen (secondary N) is 1. The lowest BCUT2D eigenvalue weighted by Gasteiger charge is -2.05. The van der Waals surface area contributed by atoms with E-state index in [1.54, 1.807) is 7.11 Å². The highest BCUT2D eigenvalue weighted by Gasteiger charge is 1.98. The lowest BCUT2D eigenvalue weighted by atomic mass is 10.1. The van der Waals surface area contributed by atoms with Crippen molar-refractivity contribution in [1.29, 1.82) is 0 Å². The zero-order chi connectivity index (χ0) is 13.2. The summed E-state index contributed by atoms with van der Waals surface area (Å²) in [5.74, 6) is 0.949. The lowest BCUT2D eigenvalue weighted by molar-refractivity contribution is 0.413. The molecule has 0 aliphatic rings. The van der Waals surface area contributed by atoms with E-state index in [1.165, 1.54) is 24.0 Å². The van der Waals surface area contributed by atoms with Gasteiger partial charge in [0, 0.05) is 5.56 Å². The van der Waals surface area contributed by atoms with E-state index in [1.807, 2.05) is 6.07 Å². The van der Waals surface area contributed by atoms with Crippen molar-refractivity contribution in [3.63, 3.8) is 0 Å². The van der Waals surface area contributed by atoms with Crippen LogP contribution in [0.4, 0.5) is 0 Å². The van der Waals surface area contributed by atoms with E-state index in [0.29, 0.717) is 0 Å². The predicted octanol–water partition coefficient (Wildman–Crippen LogP) is 3.80. The van der Waals surface area contributed by atoms with Crippen LogP contribution in [-0.4, -0.2) is 20.2 Å². The van der Waals surface area contributed by atoms with Gasteiger partial charge >= 0.3 is 0 Å². The van der Waals surface area contributed by atoms with Gasteiger partial charge in [0.2, 0.25) is 0 Å². The molecule has 2 nitrogen and oxygen atoms in total. The largest absolute Gasteiger partial charge is 0.496 e. The molecule has 1 rings (SSSR count). The molecule has 0 aromatic heterocycles. The number of hydrogen-bond acceptors (Lipinski definition) is 2. The monoisotopic (exact) mass is 247 g/mol. The van der Waals surface area contributed by atoms with E-state index in [0.717, 1.165) is 25.3 Å². The first-order chi connectivity index (χ1) is 8.77. The van der Waals surface area contributed by atoms with Crippen molar-refractivity contribution in [2.75, 3.05) is 20.2 Å². The van der Waals surface area contributed by atoms with E-state index in [2.05, 4.69) is 43.4 Å². The normalized spacial score (nSPS) is 11.1. The smallest absolute Gasteiger partial charge is 0.126 e. The number of unbranched alkanes of at least 4 members (excludes halogenated alkanes) is 2. The van der Waals surface area contributed by atoms with Gasteiger partial charge in [-0.3, -0.25) is 0 Å². The molecule has 1 aromatic rings. The third-order valence-electron chi connectivity index (χ3n) is 2.91. The molecule has 0 fully saturated rings. The molecule has 0 spiro atoms. The summed E-state index contributed by atoms with van der Waals surface area (Å²) < 4.78 is 5.35. The molecule has 1 aromatic carbocycles. The summed E-state index contributed by atoms with van der Waals surface area (Å²) in [6.07, 6.45) is 8.01. The molecule has 0 atom stereocenters. The van der Waals surface area contributed by atoms with Crippen molar-refractivity contribution in [3.05, 3.63) is 35.4 Å². The van der Waals surface area contributed by atoms with Crippen LogP contribution in [0.2, 0.25) is 0 Å². The first-order valence-corrected chi connectivity index (χ1v) is 6.79. The van der Waals surface area contributed by atoms with Gasteiger partial charge in [0.25, 0.3) is 0 Å².